The summed E-state index contributed by atoms with van der Waals surface area (Å²) in [6.45, 7) is 6.88. The minimum atomic E-state index is -0.276. The van der Waals surface area contributed by atoms with E-state index in [2.05, 4.69) is 42.1 Å². The molecule has 3 aromatic heterocycles. The molecule has 0 aliphatic carbocycles. The van der Waals surface area contributed by atoms with Crippen LogP contribution < -0.4 is 15.2 Å². The Bertz CT molecular complexity index is 1310. The molecule has 5 rings (SSSR count). The van der Waals surface area contributed by atoms with Gasteiger partial charge < -0.3 is 15.2 Å². The van der Waals surface area contributed by atoms with E-state index in [-0.39, 0.29) is 6.10 Å². The molecule has 0 amide bonds. The zero-order valence-corrected chi connectivity index (χ0v) is 18.7. The summed E-state index contributed by atoms with van der Waals surface area (Å²) in [5.41, 5.74) is 13.3. The average molecular weight is 431 g/mol. The molecule has 2 bridgehead atoms. The van der Waals surface area contributed by atoms with Crippen molar-refractivity contribution in [2.24, 2.45) is 0 Å². The van der Waals surface area contributed by atoms with E-state index in [0.29, 0.717) is 23.9 Å². The smallest absolute Gasteiger partial charge is 0.233 e. The van der Waals surface area contributed by atoms with Gasteiger partial charge in [-0.1, -0.05) is 17.7 Å². The Morgan fingerprint density at radius 1 is 1.22 bits per heavy atom. The standard InChI is InChI=1S/C24H26N6O2/c1-5-29-23-16(13-27-29)9-18-11-22(31-4)28-30(18)20-7-6-14(2)8-19(20)15(3)32-21-10-17(23)12-26-24(21)25/h6-8,10-13,15H,5,9H2,1-4H3,(H2,25,26)/t15-/m1/s1. The molecule has 1 atom stereocenters. The molecule has 8 heteroatoms. The number of nitrogen functional groups attached to an aromatic ring is 1. The lowest BCUT2D eigenvalue weighted by molar-refractivity contribution is 0.227. The molecule has 1 aliphatic heterocycles. The molecule has 0 unspecified atom stereocenters. The van der Waals surface area contributed by atoms with Crippen LogP contribution in [-0.4, -0.2) is 31.7 Å². The quantitative estimate of drug-likeness (QED) is 0.515. The first kappa shape index (κ1) is 20.1. The number of rotatable bonds is 2. The van der Waals surface area contributed by atoms with E-state index in [9.17, 15) is 0 Å². The summed E-state index contributed by atoms with van der Waals surface area (Å²) in [5, 5.41) is 9.33. The maximum absolute atomic E-state index is 6.36. The minimum Gasteiger partial charge on any atom is -0.482 e. The molecule has 0 spiro atoms. The number of anilines is 1. The van der Waals surface area contributed by atoms with Crippen molar-refractivity contribution in [3.63, 3.8) is 0 Å². The summed E-state index contributed by atoms with van der Waals surface area (Å²) >= 11 is 0. The topological polar surface area (TPSA) is 93.0 Å². The van der Waals surface area contributed by atoms with Crippen LogP contribution in [0.2, 0.25) is 0 Å². The number of pyridine rings is 1. The van der Waals surface area contributed by atoms with Crippen LogP contribution in [0.25, 0.3) is 16.9 Å². The van der Waals surface area contributed by atoms with Gasteiger partial charge in [0.2, 0.25) is 5.88 Å². The number of fused-ring (bicyclic) bond motifs is 7. The van der Waals surface area contributed by atoms with Crippen LogP contribution in [0.4, 0.5) is 5.82 Å². The molecule has 32 heavy (non-hydrogen) atoms. The molecule has 8 nitrogen and oxygen atoms in total. The van der Waals surface area contributed by atoms with Gasteiger partial charge in [-0.15, -0.1) is 5.10 Å². The van der Waals surface area contributed by atoms with Gasteiger partial charge >= 0.3 is 0 Å². The Morgan fingerprint density at radius 2 is 2.06 bits per heavy atom. The van der Waals surface area contributed by atoms with E-state index in [1.54, 1.807) is 13.3 Å². The molecule has 0 radical (unpaired) electrons. The van der Waals surface area contributed by atoms with Crippen LogP contribution in [0.1, 0.15) is 42.3 Å². The summed E-state index contributed by atoms with van der Waals surface area (Å²) in [6.07, 6.45) is 4.04. The van der Waals surface area contributed by atoms with Crippen molar-refractivity contribution in [1.82, 2.24) is 24.5 Å². The number of benzene rings is 1. The second-order valence-electron chi connectivity index (χ2n) is 8.03. The number of aryl methyl sites for hydroxylation is 2. The van der Waals surface area contributed by atoms with Gasteiger partial charge in [-0.3, -0.25) is 4.68 Å². The van der Waals surface area contributed by atoms with Crippen molar-refractivity contribution >= 4 is 5.82 Å². The number of nitrogens with zero attached hydrogens (tertiary/aromatic N) is 5. The second-order valence-corrected chi connectivity index (χ2v) is 8.03. The van der Waals surface area contributed by atoms with Crippen LogP contribution in [0.3, 0.4) is 0 Å². The first-order chi connectivity index (χ1) is 15.5. The fourth-order valence-corrected chi connectivity index (χ4v) is 4.28. The first-order valence-electron chi connectivity index (χ1n) is 10.7. The predicted octanol–water partition coefficient (Wildman–Crippen LogP) is 4.09. The molecule has 2 N–H and O–H groups in total. The van der Waals surface area contributed by atoms with Gasteiger partial charge in [0.1, 0.15) is 6.10 Å². The molecule has 0 saturated carbocycles. The molecule has 164 valence electrons. The average Bonchev–Trinajstić information content (AvgIpc) is 3.38. The van der Waals surface area contributed by atoms with Crippen molar-refractivity contribution in [2.75, 3.05) is 12.8 Å². The zero-order valence-electron chi connectivity index (χ0n) is 18.7. The minimum absolute atomic E-state index is 0.276. The number of methoxy groups -OCH3 is 1. The van der Waals surface area contributed by atoms with Crippen LogP contribution in [0, 0.1) is 6.92 Å². The molecular weight excluding hydrogens is 404 g/mol. The molecule has 1 aliphatic rings. The highest BCUT2D eigenvalue weighted by Gasteiger charge is 2.23. The van der Waals surface area contributed by atoms with Gasteiger partial charge in [-0.2, -0.15) is 5.10 Å². The fraction of sp³-hybridized carbons (Fsp3) is 0.292. The largest absolute Gasteiger partial charge is 0.482 e. The number of nitrogens with two attached hydrogens (primary N) is 1. The molecular formula is C24H26N6O2. The van der Waals surface area contributed by atoms with Crippen LogP contribution >= 0.6 is 0 Å². The predicted molar refractivity (Wildman–Crippen MR) is 122 cm³/mol. The van der Waals surface area contributed by atoms with Crippen molar-refractivity contribution in [2.45, 2.75) is 39.8 Å². The van der Waals surface area contributed by atoms with E-state index in [1.807, 2.05) is 34.6 Å². The second kappa shape index (κ2) is 7.71. The summed E-state index contributed by atoms with van der Waals surface area (Å²) in [6, 6.07) is 10.2. The van der Waals surface area contributed by atoms with Crippen LogP contribution in [0.15, 0.2) is 42.7 Å². The highest BCUT2D eigenvalue weighted by atomic mass is 16.5. The van der Waals surface area contributed by atoms with E-state index >= 15 is 0 Å². The summed E-state index contributed by atoms with van der Waals surface area (Å²) in [5.74, 6) is 1.47. The van der Waals surface area contributed by atoms with Gasteiger partial charge in [0.05, 0.1) is 30.4 Å². The van der Waals surface area contributed by atoms with Crippen molar-refractivity contribution in [3.05, 3.63) is 65.1 Å². The van der Waals surface area contributed by atoms with Gasteiger partial charge in [-0.25, -0.2) is 9.67 Å². The maximum Gasteiger partial charge on any atom is 0.233 e. The Morgan fingerprint density at radius 3 is 2.84 bits per heavy atom. The van der Waals surface area contributed by atoms with Crippen molar-refractivity contribution in [1.29, 1.82) is 0 Å². The van der Waals surface area contributed by atoms with Crippen molar-refractivity contribution in [3.8, 4) is 28.6 Å². The fourth-order valence-electron chi connectivity index (χ4n) is 4.28. The SMILES string of the molecule is CCn1ncc2c1-c1cnc(N)c(c1)O[C@H](C)c1cc(C)ccc1-n1nc(OC)cc1C2. The monoisotopic (exact) mass is 430 g/mol. The van der Waals surface area contributed by atoms with Gasteiger partial charge in [0.25, 0.3) is 0 Å². The highest BCUT2D eigenvalue weighted by molar-refractivity contribution is 5.68. The Hall–Kier alpha value is -3.81. The lowest BCUT2D eigenvalue weighted by atomic mass is 10.0. The Labute approximate surface area is 186 Å². The number of aromatic nitrogens is 5. The summed E-state index contributed by atoms with van der Waals surface area (Å²) < 4.78 is 15.8. The Kier molecular flexibility index (Phi) is 4.84. The molecule has 4 aromatic rings. The third-order valence-corrected chi connectivity index (χ3v) is 5.86. The third kappa shape index (κ3) is 3.28. The normalized spacial score (nSPS) is 14.9. The van der Waals surface area contributed by atoms with Gasteiger partial charge in [0, 0.05) is 41.9 Å². The first-order valence-corrected chi connectivity index (χ1v) is 10.7. The molecule has 4 heterocycles. The Balaban J connectivity index is 1.81. The molecule has 0 saturated heterocycles. The van der Waals surface area contributed by atoms with E-state index in [0.717, 1.165) is 45.9 Å². The third-order valence-electron chi connectivity index (χ3n) is 5.86. The summed E-state index contributed by atoms with van der Waals surface area (Å²) in [4.78, 5) is 4.43. The lowest BCUT2D eigenvalue weighted by Crippen LogP contribution is -2.13. The zero-order chi connectivity index (χ0) is 22.4. The maximum atomic E-state index is 6.36. The van der Waals surface area contributed by atoms with Gasteiger partial charge in [-0.05, 0) is 32.9 Å². The van der Waals surface area contributed by atoms with Crippen LogP contribution in [-0.2, 0) is 13.0 Å². The van der Waals surface area contributed by atoms with E-state index < -0.39 is 0 Å². The number of ether oxygens (including phenoxy) is 2. The lowest BCUT2D eigenvalue weighted by Gasteiger charge is -2.22. The number of hydrogen-bond donors (Lipinski definition) is 1. The highest BCUT2D eigenvalue weighted by Crippen LogP contribution is 2.36. The van der Waals surface area contributed by atoms with E-state index in [1.165, 1.54) is 0 Å². The summed E-state index contributed by atoms with van der Waals surface area (Å²) in [7, 11) is 1.63. The molecule has 1 aromatic carbocycles. The van der Waals surface area contributed by atoms with Gasteiger partial charge in [0.15, 0.2) is 11.6 Å². The van der Waals surface area contributed by atoms with E-state index in [4.69, 9.17) is 20.3 Å². The van der Waals surface area contributed by atoms with Crippen LogP contribution in [0.5, 0.6) is 11.6 Å². The number of hydrogen-bond acceptors (Lipinski definition) is 6. The molecule has 0 fully saturated rings. The van der Waals surface area contributed by atoms with Crippen molar-refractivity contribution < 1.29 is 9.47 Å².